The van der Waals surface area contributed by atoms with Gasteiger partial charge in [0.05, 0.1) is 11.0 Å². The van der Waals surface area contributed by atoms with E-state index in [0.29, 0.717) is 29.4 Å². The minimum atomic E-state index is -0.614. The van der Waals surface area contributed by atoms with E-state index in [0.717, 1.165) is 26.7 Å². The molecule has 0 saturated carbocycles. The predicted octanol–water partition coefficient (Wildman–Crippen LogP) is 6.06. The molecule has 1 aliphatic rings. The minimum absolute atomic E-state index is 0.209. The number of thioether (sulfide) groups is 1. The molecule has 1 aliphatic heterocycles. The summed E-state index contributed by atoms with van der Waals surface area (Å²) in [4.78, 5) is 38.2. The van der Waals surface area contributed by atoms with Crippen LogP contribution in [0, 0.1) is 0 Å². The number of hydrogen-bond donors (Lipinski definition) is 0. The molecule has 2 aromatic carbocycles. The number of carbonyl (C=O) groups is 3. The van der Waals surface area contributed by atoms with Crippen LogP contribution in [0.4, 0.5) is 4.79 Å². The van der Waals surface area contributed by atoms with Crippen LogP contribution < -0.4 is 4.74 Å². The molecule has 0 radical (unpaired) electrons. The number of esters is 1. The molecule has 0 unspecified atom stereocenters. The van der Waals surface area contributed by atoms with Crippen molar-refractivity contribution >= 4 is 62.5 Å². The second kappa shape index (κ2) is 11.0. The number of hydrogen-bond acceptors (Lipinski definition) is 6. The number of rotatable bonds is 8. The van der Waals surface area contributed by atoms with Gasteiger partial charge in [-0.25, -0.2) is 0 Å². The molecule has 0 bridgehead atoms. The summed E-state index contributed by atoms with van der Waals surface area (Å²) in [5.41, 5.74) is 1.56. The van der Waals surface area contributed by atoms with Crippen LogP contribution in [-0.2, 0) is 20.9 Å². The van der Waals surface area contributed by atoms with Gasteiger partial charge in [-0.05, 0) is 67.1 Å². The number of amides is 2. The first-order valence-electron chi connectivity index (χ1n) is 9.88. The number of nitrogens with zero attached hydrogens (tertiary/aromatic N) is 1. The van der Waals surface area contributed by atoms with Gasteiger partial charge in [0, 0.05) is 15.1 Å². The van der Waals surface area contributed by atoms with Gasteiger partial charge in [0.2, 0.25) is 0 Å². The van der Waals surface area contributed by atoms with Crippen LogP contribution in [0.2, 0.25) is 5.02 Å². The first kappa shape index (κ1) is 24.4. The number of imide groups is 1. The van der Waals surface area contributed by atoms with Crippen LogP contribution in [0.5, 0.6) is 5.75 Å². The zero-order valence-electron chi connectivity index (χ0n) is 17.5. The Hall–Kier alpha value is -2.29. The van der Waals surface area contributed by atoms with Crippen molar-refractivity contribution in [1.29, 1.82) is 0 Å². The molecule has 0 spiro atoms. The standard InChI is InChI=1S/C23H21BrClNO5S/c1-3-14(2)31-21(27)12-26-22(28)20(32-23(26)29)11-16-10-17(24)6-9-19(16)30-13-15-4-7-18(25)8-5-15/h4-11,14H,3,12-13H2,1-2H3/b20-11+/t14-/m1/s1. The van der Waals surface area contributed by atoms with Crippen molar-refractivity contribution in [2.75, 3.05) is 6.54 Å². The van der Waals surface area contributed by atoms with Crippen molar-refractivity contribution < 1.29 is 23.9 Å². The fourth-order valence-corrected chi connectivity index (χ4v) is 4.09. The van der Waals surface area contributed by atoms with Gasteiger partial charge in [0.15, 0.2) is 0 Å². The van der Waals surface area contributed by atoms with Crippen molar-refractivity contribution in [3.63, 3.8) is 0 Å². The van der Waals surface area contributed by atoms with Crippen LogP contribution >= 0.6 is 39.3 Å². The number of ether oxygens (including phenoxy) is 2. The van der Waals surface area contributed by atoms with Gasteiger partial charge in [-0.1, -0.05) is 46.6 Å². The molecule has 6 nitrogen and oxygen atoms in total. The van der Waals surface area contributed by atoms with Crippen molar-refractivity contribution in [2.45, 2.75) is 33.0 Å². The Morgan fingerprint density at radius 1 is 1.22 bits per heavy atom. The molecule has 0 aliphatic carbocycles. The topological polar surface area (TPSA) is 72.9 Å². The Morgan fingerprint density at radius 2 is 1.94 bits per heavy atom. The molecule has 168 valence electrons. The summed E-state index contributed by atoms with van der Waals surface area (Å²) in [6, 6.07) is 12.7. The van der Waals surface area contributed by atoms with E-state index in [9.17, 15) is 14.4 Å². The van der Waals surface area contributed by atoms with Gasteiger partial charge < -0.3 is 9.47 Å². The van der Waals surface area contributed by atoms with Crippen LogP contribution in [0.3, 0.4) is 0 Å². The van der Waals surface area contributed by atoms with E-state index >= 15 is 0 Å². The molecule has 3 rings (SSSR count). The Balaban J connectivity index is 1.76. The minimum Gasteiger partial charge on any atom is -0.488 e. The largest absolute Gasteiger partial charge is 0.488 e. The van der Waals surface area contributed by atoms with Crippen molar-refractivity contribution in [3.8, 4) is 5.75 Å². The van der Waals surface area contributed by atoms with Crippen molar-refractivity contribution in [2.24, 2.45) is 0 Å². The second-order valence-corrected chi connectivity index (χ2v) is 9.42. The van der Waals surface area contributed by atoms with E-state index in [4.69, 9.17) is 21.1 Å². The summed E-state index contributed by atoms with van der Waals surface area (Å²) in [5, 5.41) is 0.128. The smallest absolute Gasteiger partial charge is 0.326 e. The number of carbonyl (C=O) groups excluding carboxylic acids is 3. The lowest BCUT2D eigenvalue weighted by Gasteiger charge is -2.15. The molecule has 2 aromatic rings. The van der Waals surface area contributed by atoms with Crippen molar-refractivity contribution in [1.82, 2.24) is 4.90 Å². The first-order chi connectivity index (χ1) is 15.3. The molecule has 32 heavy (non-hydrogen) atoms. The molecule has 1 saturated heterocycles. The fourth-order valence-electron chi connectivity index (χ4n) is 2.76. The van der Waals surface area contributed by atoms with Crippen molar-refractivity contribution in [3.05, 3.63) is 68.0 Å². The number of halogens is 2. The molecule has 0 N–H and O–H groups in total. The Morgan fingerprint density at radius 3 is 2.62 bits per heavy atom. The normalized spacial score (nSPS) is 15.9. The fraction of sp³-hybridized carbons (Fsp3) is 0.261. The highest BCUT2D eigenvalue weighted by molar-refractivity contribution is 9.10. The van der Waals surface area contributed by atoms with E-state index in [-0.39, 0.29) is 11.0 Å². The monoisotopic (exact) mass is 537 g/mol. The highest BCUT2D eigenvalue weighted by atomic mass is 79.9. The van der Waals surface area contributed by atoms with E-state index < -0.39 is 23.7 Å². The summed E-state index contributed by atoms with van der Waals surface area (Å²) in [7, 11) is 0. The molecule has 1 heterocycles. The lowest BCUT2D eigenvalue weighted by molar-refractivity contribution is -0.150. The Labute approximate surface area is 204 Å². The Kier molecular flexibility index (Phi) is 8.39. The summed E-state index contributed by atoms with van der Waals surface area (Å²) in [5.74, 6) is -0.604. The maximum absolute atomic E-state index is 12.8. The maximum atomic E-state index is 12.8. The third-order valence-corrected chi connectivity index (χ3v) is 6.29. The lowest BCUT2D eigenvalue weighted by atomic mass is 10.1. The maximum Gasteiger partial charge on any atom is 0.326 e. The quantitative estimate of drug-likeness (QED) is 0.300. The summed E-state index contributed by atoms with van der Waals surface area (Å²) in [6.45, 7) is 3.53. The van der Waals surface area contributed by atoms with Gasteiger partial charge in [-0.2, -0.15) is 0 Å². The summed E-state index contributed by atoms with van der Waals surface area (Å²) >= 11 is 10.1. The summed E-state index contributed by atoms with van der Waals surface area (Å²) in [6.07, 6.45) is 1.96. The second-order valence-electron chi connectivity index (χ2n) is 7.07. The molecule has 1 fully saturated rings. The first-order valence-corrected chi connectivity index (χ1v) is 11.9. The van der Waals surface area contributed by atoms with E-state index in [1.54, 1.807) is 37.3 Å². The van der Waals surface area contributed by atoms with Crippen LogP contribution in [0.15, 0.2) is 51.8 Å². The van der Waals surface area contributed by atoms with Gasteiger partial charge in [0.25, 0.3) is 11.1 Å². The van der Waals surface area contributed by atoms with Gasteiger partial charge in [-0.3, -0.25) is 19.3 Å². The van der Waals surface area contributed by atoms with Crippen LogP contribution in [-0.4, -0.2) is 34.7 Å². The molecule has 0 aromatic heterocycles. The van der Waals surface area contributed by atoms with Gasteiger partial charge in [-0.15, -0.1) is 0 Å². The Bertz CT molecular complexity index is 1060. The average Bonchev–Trinajstić information content (AvgIpc) is 3.01. The molecule has 1 atom stereocenters. The van der Waals surface area contributed by atoms with Gasteiger partial charge >= 0.3 is 5.97 Å². The SMILES string of the molecule is CC[C@@H](C)OC(=O)CN1C(=O)S/C(=C/c2cc(Br)ccc2OCc2ccc(Cl)cc2)C1=O. The van der Waals surface area contributed by atoms with Crippen LogP contribution in [0.1, 0.15) is 31.4 Å². The molecule has 9 heteroatoms. The highest BCUT2D eigenvalue weighted by Gasteiger charge is 2.37. The zero-order chi connectivity index (χ0) is 23.3. The number of benzene rings is 2. The summed E-state index contributed by atoms with van der Waals surface area (Å²) < 4.78 is 11.9. The van der Waals surface area contributed by atoms with E-state index in [1.807, 2.05) is 25.1 Å². The average molecular weight is 539 g/mol. The third kappa shape index (κ3) is 6.37. The third-order valence-electron chi connectivity index (χ3n) is 4.63. The van der Waals surface area contributed by atoms with Gasteiger partial charge in [0.1, 0.15) is 18.9 Å². The molecular weight excluding hydrogens is 518 g/mol. The van der Waals surface area contributed by atoms with E-state index in [1.165, 1.54) is 0 Å². The highest BCUT2D eigenvalue weighted by Crippen LogP contribution is 2.35. The molecule has 2 amide bonds. The predicted molar refractivity (Wildman–Crippen MR) is 128 cm³/mol. The lowest BCUT2D eigenvalue weighted by Crippen LogP contribution is -2.35. The van der Waals surface area contributed by atoms with Crippen LogP contribution in [0.25, 0.3) is 6.08 Å². The van der Waals surface area contributed by atoms with E-state index in [2.05, 4.69) is 15.9 Å². The molecular formula is C23H21BrClNO5S. The zero-order valence-corrected chi connectivity index (χ0v) is 20.6.